The maximum atomic E-state index is 5.85. The van der Waals surface area contributed by atoms with Crippen molar-refractivity contribution in [1.82, 2.24) is 9.55 Å². The minimum absolute atomic E-state index is 0.145. The molecule has 0 aliphatic heterocycles. The van der Waals surface area contributed by atoms with Crippen molar-refractivity contribution in [3.63, 3.8) is 0 Å². The normalized spacial score (nSPS) is 12.0. The Morgan fingerprint density at radius 3 is 2.64 bits per heavy atom. The van der Waals surface area contributed by atoms with E-state index in [9.17, 15) is 0 Å². The van der Waals surface area contributed by atoms with Crippen LogP contribution in [0.3, 0.4) is 0 Å². The molecule has 62 valence electrons. The zero-order chi connectivity index (χ0) is 8.48. The average Bonchev–Trinajstić information content (AvgIpc) is 2.12. The highest BCUT2D eigenvalue weighted by atomic mass is 15.0. The molecule has 0 radical (unpaired) electrons. The Morgan fingerprint density at radius 1 is 1.64 bits per heavy atom. The number of nitrogens with two attached hydrogens (primary N) is 1. The fourth-order valence-electron chi connectivity index (χ4n) is 1.02. The molecule has 0 saturated heterocycles. The summed E-state index contributed by atoms with van der Waals surface area (Å²) in [6.07, 6.45) is 4.51. The molecule has 1 aromatic heterocycles. The number of imidazole rings is 1. The van der Waals surface area contributed by atoms with Crippen molar-refractivity contribution in [3.05, 3.63) is 18.2 Å². The third-order valence-corrected chi connectivity index (χ3v) is 1.55. The number of aromatic nitrogens is 2. The molecule has 0 aliphatic carbocycles. The van der Waals surface area contributed by atoms with Gasteiger partial charge in [-0.25, -0.2) is 4.98 Å². The van der Waals surface area contributed by atoms with Gasteiger partial charge in [-0.05, 0) is 13.8 Å². The largest absolute Gasteiger partial charge is 0.338 e. The van der Waals surface area contributed by atoms with Gasteiger partial charge < -0.3 is 10.3 Å². The minimum atomic E-state index is -0.145. The molecule has 0 saturated carbocycles. The van der Waals surface area contributed by atoms with Crippen molar-refractivity contribution >= 4 is 0 Å². The first-order valence-electron chi connectivity index (χ1n) is 3.73. The van der Waals surface area contributed by atoms with Crippen LogP contribution in [0.15, 0.2) is 12.5 Å². The Balaban J connectivity index is 2.72. The minimum Gasteiger partial charge on any atom is -0.338 e. The molecule has 1 heterocycles. The summed E-state index contributed by atoms with van der Waals surface area (Å²) in [5, 5.41) is 0. The van der Waals surface area contributed by atoms with Crippen molar-refractivity contribution < 1.29 is 0 Å². The lowest BCUT2D eigenvalue weighted by Gasteiger charge is -2.17. The molecule has 0 aromatic carbocycles. The molecule has 3 nitrogen and oxygen atoms in total. The molecular weight excluding hydrogens is 138 g/mol. The van der Waals surface area contributed by atoms with Gasteiger partial charge in [-0.1, -0.05) is 0 Å². The lowest BCUT2D eigenvalue weighted by Crippen LogP contribution is -2.35. The Kier molecular flexibility index (Phi) is 2.00. The van der Waals surface area contributed by atoms with Crippen LogP contribution in [-0.4, -0.2) is 15.1 Å². The van der Waals surface area contributed by atoms with Crippen LogP contribution in [0.2, 0.25) is 0 Å². The monoisotopic (exact) mass is 153 g/mol. The number of rotatable bonds is 2. The molecule has 1 rings (SSSR count). The second kappa shape index (κ2) is 2.66. The van der Waals surface area contributed by atoms with E-state index < -0.39 is 0 Å². The predicted octanol–water partition coefficient (Wildman–Crippen LogP) is 0.700. The summed E-state index contributed by atoms with van der Waals surface area (Å²) < 4.78 is 1.99. The number of nitrogens with zero attached hydrogens (tertiary/aromatic N) is 2. The van der Waals surface area contributed by atoms with Gasteiger partial charge in [0.15, 0.2) is 0 Å². The molecule has 0 amide bonds. The van der Waals surface area contributed by atoms with Gasteiger partial charge in [-0.3, -0.25) is 0 Å². The molecule has 11 heavy (non-hydrogen) atoms. The summed E-state index contributed by atoms with van der Waals surface area (Å²) in [6.45, 7) is 4.03. The van der Waals surface area contributed by atoms with E-state index in [-0.39, 0.29) is 5.54 Å². The summed E-state index contributed by atoms with van der Waals surface area (Å²) >= 11 is 0. The third kappa shape index (κ3) is 2.35. The first-order chi connectivity index (χ1) is 4.99. The molecule has 3 heteroatoms. The van der Waals surface area contributed by atoms with E-state index in [1.54, 1.807) is 6.33 Å². The van der Waals surface area contributed by atoms with Crippen molar-refractivity contribution in [1.29, 1.82) is 0 Å². The first kappa shape index (κ1) is 8.27. The van der Waals surface area contributed by atoms with Crippen molar-refractivity contribution in [2.24, 2.45) is 12.8 Å². The molecule has 1 aromatic rings. The lowest BCUT2D eigenvalue weighted by atomic mass is 10.0. The zero-order valence-corrected chi connectivity index (χ0v) is 7.33. The molecule has 0 unspecified atom stereocenters. The molecule has 0 spiro atoms. The van der Waals surface area contributed by atoms with Crippen LogP contribution in [-0.2, 0) is 13.5 Å². The topological polar surface area (TPSA) is 43.8 Å². The summed E-state index contributed by atoms with van der Waals surface area (Å²) in [4.78, 5) is 4.01. The summed E-state index contributed by atoms with van der Waals surface area (Å²) in [7, 11) is 1.98. The maximum absolute atomic E-state index is 5.85. The van der Waals surface area contributed by atoms with Gasteiger partial charge in [-0.2, -0.15) is 0 Å². The molecule has 0 fully saturated rings. The first-order valence-corrected chi connectivity index (χ1v) is 3.73. The second-order valence-electron chi connectivity index (χ2n) is 3.66. The Labute approximate surface area is 67.2 Å². The number of hydrogen-bond donors (Lipinski definition) is 1. The van der Waals surface area contributed by atoms with E-state index in [1.807, 2.05) is 31.7 Å². The SMILES string of the molecule is Cn1cncc1CC(C)(C)N. The highest BCUT2D eigenvalue weighted by Crippen LogP contribution is 2.07. The predicted molar refractivity (Wildman–Crippen MR) is 45.2 cm³/mol. The fourth-order valence-corrected chi connectivity index (χ4v) is 1.02. The third-order valence-electron chi connectivity index (χ3n) is 1.55. The van der Waals surface area contributed by atoms with Gasteiger partial charge in [0.2, 0.25) is 0 Å². The Bertz CT molecular complexity index is 232. The molecular formula is C8H15N3. The number of aryl methyl sites for hydroxylation is 1. The quantitative estimate of drug-likeness (QED) is 0.679. The van der Waals surface area contributed by atoms with Crippen LogP contribution in [0.25, 0.3) is 0 Å². The molecule has 2 N–H and O–H groups in total. The van der Waals surface area contributed by atoms with Crippen LogP contribution in [0.4, 0.5) is 0 Å². The van der Waals surface area contributed by atoms with Gasteiger partial charge >= 0.3 is 0 Å². The van der Waals surface area contributed by atoms with Crippen molar-refractivity contribution in [2.45, 2.75) is 25.8 Å². The average molecular weight is 153 g/mol. The van der Waals surface area contributed by atoms with E-state index in [0.29, 0.717) is 0 Å². The Hall–Kier alpha value is -0.830. The summed E-state index contributed by atoms with van der Waals surface area (Å²) in [5.74, 6) is 0. The highest BCUT2D eigenvalue weighted by molar-refractivity contribution is 5.02. The van der Waals surface area contributed by atoms with Gasteiger partial charge in [0.1, 0.15) is 0 Å². The van der Waals surface area contributed by atoms with Crippen LogP contribution in [0.1, 0.15) is 19.5 Å². The highest BCUT2D eigenvalue weighted by Gasteiger charge is 2.13. The van der Waals surface area contributed by atoms with Gasteiger partial charge in [-0.15, -0.1) is 0 Å². The van der Waals surface area contributed by atoms with Crippen molar-refractivity contribution in [2.75, 3.05) is 0 Å². The van der Waals surface area contributed by atoms with Crippen LogP contribution in [0, 0.1) is 0 Å². The second-order valence-corrected chi connectivity index (χ2v) is 3.66. The molecule has 0 atom stereocenters. The maximum Gasteiger partial charge on any atom is 0.0945 e. The van der Waals surface area contributed by atoms with Gasteiger partial charge in [0, 0.05) is 30.9 Å². The Morgan fingerprint density at radius 2 is 2.27 bits per heavy atom. The smallest absolute Gasteiger partial charge is 0.0945 e. The molecule has 0 aliphatic rings. The van der Waals surface area contributed by atoms with Gasteiger partial charge in [0.25, 0.3) is 0 Å². The standard InChI is InChI=1S/C8H15N3/c1-8(2,9)4-7-5-10-6-11(7)3/h5-6H,4,9H2,1-3H3. The van der Waals surface area contributed by atoms with Crippen LogP contribution < -0.4 is 5.73 Å². The number of hydrogen-bond acceptors (Lipinski definition) is 2. The van der Waals surface area contributed by atoms with Crippen LogP contribution >= 0.6 is 0 Å². The van der Waals surface area contributed by atoms with E-state index in [2.05, 4.69) is 4.98 Å². The fraction of sp³-hybridized carbons (Fsp3) is 0.625. The summed E-state index contributed by atoms with van der Waals surface area (Å²) in [5.41, 5.74) is 6.89. The van der Waals surface area contributed by atoms with E-state index in [0.717, 1.165) is 6.42 Å². The zero-order valence-electron chi connectivity index (χ0n) is 7.33. The lowest BCUT2D eigenvalue weighted by molar-refractivity contribution is 0.502. The van der Waals surface area contributed by atoms with Gasteiger partial charge in [0.05, 0.1) is 6.33 Å². The van der Waals surface area contributed by atoms with E-state index in [4.69, 9.17) is 5.73 Å². The van der Waals surface area contributed by atoms with Crippen molar-refractivity contribution in [3.8, 4) is 0 Å². The molecule has 0 bridgehead atoms. The summed E-state index contributed by atoms with van der Waals surface area (Å²) in [6, 6.07) is 0. The van der Waals surface area contributed by atoms with Crippen LogP contribution in [0.5, 0.6) is 0 Å². The van der Waals surface area contributed by atoms with E-state index in [1.165, 1.54) is 5.69 Å². The van der Waals surface area contributed by atoms with E-state index >= 15 is 0 Å².